The third-order valence-electron chi connectivity index (χ3n) is 7.36. The van der Waals surface area contributed by atoms with E-state index in [9.17, 15) is 9.59 Å². The van der Waals surface area contributed by atoms with E-state index in [-0.39, 0.29) is 11.9 Å². The van der Waals surface area contributed by atoms with Crippen molar-refractivity contribution in [1.82, 2.24) is 20.0 Å². The molecule has 0 aromatic heterocycles. The van der Waals surface area contributed by atoms with Gasteiger partial charge in [0.15, 0.2) is 0 Å². The zero-order chi connectivity index (χ0) is 23.5. The molecule has 0 bridgehead atoms. The molecule has 1 saturated heterocycles. The predicted molar refractivity (Wildman–Crippen MR) is 132 cm³/mol. The highest BCUT2D eigenvalue weighted by Crippen LogP contribution is 2.36. The van der Waals surface area contributed by atoms with Crippen LogP contribution in [0.1, 0.15) is 69.5 Å². The van der Waals surface area contributed by atoms with E-state index in [2.05, 4.69) is 49.7 Å². The number of carbonyl (C=O) groups excluding carboxylic acids is 2. The Hall–Kier alpha value is -2.60. The summed E-state index contributed by atoms with van der Waals surface area (Å²) in [6, 6.07) is 8.34. The average molecular weight is 451 g/mol. The number of likely N-dealkylation sites (tertiary alicyclic amines) is 1. The molecule has 6 heteroatoms. The second kappa shape index (κ2) is 10.1. The third kappa shape index (κ3) is 4.86. The van der Waals surface area contributed by atoms with Crippen LogP contribution in [0.15, 0.2) is 48.2 Å². The van der Waals surface area contributed by atoms with E-state index >= 15 is 0 Å². The number of nitrogens with one attached hydrogen (secondary N) is 1. The van der Waals surface area contributed by atoms with Crippen LogP contribution >= 0.6 is 0 Å². The van der Waals surface area contributed by atoms with Crippen molar-refractivity contribution in [2.75, 3.05) is 32.7 Å². The van der Waals surface area contributed by atoms with Crippen molar-refractivity contribution >= 4 is 11.9 Å². The zero-order valence-electron chi connectivity index (χ0n) is 20.3. The highest BCUT2D eigenvalue weighted by atomic mass is 16.2. The predicted octanol–water partition coefficient (Wildman–Crippen LogP) is 4.42. The van der Waals surface area contributed by atoms with Gasteiger partial charge in [0.25, 0.3) is 5.91 Å². The van der Waals surface area contributed by atoms with Crippen LogP contribution in [0, 0.1) is 0 Å². The molecule has 3 heterocycles. The third-order valence-corrected chi connectivity index (χ3v) is 7.36. The molecule has 0 spiro atoms. The molecule has 33 heavy (non-hydrogen) atoms. The van der Waals surface area contributed by atoms with Gasteiger partial charge >= 0.3 is 6.03 Å². The average Bonchev–Trinajstić information content (AvgIpc) is 3.13. The maximum Gasteiger partial charge on any atom is 0.322 e. The van der Waals surface area contributed by atoms with E-state index in [0.717, 1.165) is 30.8 Å². The van der Waals surface area contributed by atoms with Crippen LogP contribution in [0.3, 0.4) is 0 Å². The summed E-state index contributed by atoms with van der Waals surface area (Å²) in [5.41, 5.74) is 3.73. The van der Waals surface area contributed by atoms with E-state index in [4.69, 9.17) is 0 Å². The number of hydrogen-bond acceptors (Lipinski definition) is 3. The van der Waals surface area contributed by atoms with Crippen molar-refractivity contribution in [3.05, 3.63) is 59.3 Å². The molecule has 0 aliphatic carbocycles. The Kier molecular flexibility index (Phi) is 7.23. The molecule has 3 aliphatic heterocycles. The molecule has 1 fully saturated rings. The van der Waals surface area contributed by atoms with Gasteiger partial charge in [-0.05, 0) is 49.8 Å². The van der Waals surface area contributed by atoms with Gasteiger partial charge in [0.05, 0.1) is 23.9 Å². The second-order valence-corrected chi connectivity index (χ2v) is 9.92. The van der Waals surface area contributed by atoms with Gasteiger partial charge in [-0.3, -0.25) is 9.69 Å². The highest BCUT2D eigenvalue weighted by molar-refractivity contribution is 6.01. The van der Waals surface area contributed by atoms with Gasteiger partial charge in [0.1, 0.15) is 0 Å². The minimum atomic E-state index is -0.408. The van der Waals surface area contributed by atoms with Crippen molar-refractivity contribution in [3.8, 4) is 0 Å². The minimum absolute atomic E-state index is 0.0451. The van der Waals surface area contributed by atoms with Gasteiger partial charge in [0, 0.05) is 25.7 Å². The molecule has 0 radical (unpaired) electrons. The molecule has 0 saturated carbocycles. The summed E-state index contributed by atoms with van der Waals surface area (Å²) in [4.78, 5) is 32.6. The van der Waals surface area contributed by atoms with Gasteiger partial charge in [-0.15, -0.1) is 6.58 Å². The van der Waals surface area contributed by atoms with Gasteiger partial charge in [-0.2, -0.15) is 0 Å². The van der Waals surface area contributed by atoms with Crippen molar-refractivity contribution in [3.63, 3.8) is 0 Å². The second-order valence-electron chi connectivity index (χ2n) is 9.92. The van der Waals surface area contributed by atoms with Crippen molar-refractivity contribution in [1.29, 1.82) is 0 Å². The van der Waals surface area contributed by atoms with Crippen LogP contribution < -0.4 is 5.32 Å². The number of urea groups is 1. The SMILES string of the molecule is C=CCN1C(=O)NC(c2ccc(C(C)C)cc2)C2=C1CN(CCCN1CCCCC1C)C2=O. The summed E-state index contributed by atoms with van der Waals surface area (Å²) in [7, 11) is 0. The molecule has 1 aromatic carbocycles. The Balaban J connectivity index is 1.52. The van der Waals surface area contributed by atoms with Crippen LogP contribution in [0.5, 0.6) is 0 Å². The lowest BCUT2D eigenvalue weighted by atomic mass is 9.93. The van der Waals surface area contributed by atoms with Gasteiger partial charge in [-0.25, -0.2) is 4.79 Å². The lowest BCUT2D eigenvalue weighted by Crippen LogP contribution is -2.47. The first-order valence-electron chi connectivity index (χ1n) is 12.5. The number of nitrogens with zero attached hydrogens (tertiary/aromatic N) is 3. The maximum atomic E-state index is 13.6. The summed E-state index contributed by atoms with van der Waals surface area (Å²) in [6.45, 7) is 14.2. The first-order chi connectivity index (χ1) is 15.9. The molecule has 6 nitrogen and oxygen atoms in total. The van der Waals surface area contributed by atoms with E-state index in [1.54, 1.807) is 11.0 Å². The standard InChI is InChI=1S/C27H38N4O2/c1-5-14-31-23-18-30(17-8-16-29-15-7-6-9-20(29)4)26(32)24(23)25(28-27(31)33)22-12-10-21(11-13-22)19(2)3/h5,10-13,19-20,25H,1,6-9,14-18H2,2-4H3,(H,28,33). The number of piperidine rings is 1. The number of benzene rings is 1. The Morgan fingerprint density at radius 1 is 1.15 bits per heavy atom. The summed E-state index contributed by atoms with van der Waals surface area (Å²) < 4.78 is 0. The fraction of sp³-hybridized carbons (Fsp3) is 0.556. The molecule has 3 amide bonds. The maximum absolute atomic E-state index is 13.6. The molecular weight excluding hydrogens is 412 g/mol. The van der Waals surface area contributed by atoms with Gasteiger partial charge in [0.2, 0.25) is 0 Å². The quantitative estimate of drug-likeness (QED) is 0.597. The summed E-state index contributed by atoms with van der Waals surface area (Å²) in [6.07, 6.45) is 6.52. The fourth-order valence-electron chi connectivity index (χ4n) is 5.33. The van der Waals surface area contributed by atoms with E-state index < -0.39 is 6.04 Å². The molecule has 1 N–H and O–H groups in total. The largest absolute Gasteiger partial charge is 0.333 e. The topological polar surface area (TPSA) is 55.9 Å². The van der Waals surface area contributed by atoms with Crippen LogP contribution in [0.2, 0.25) is 0 Å². The van der Waals surface area contributed by atoms with E-state index in [0.29, 0.717) is 37.2 Å². The van der Waals surface area contributed by atoms with Crippen molar-refractivity contribution in [2.24, 2.45) is 0 Å². The van der Waals surface area contributed by atoms with E-state index in [1.165, 1.54) is 24.8 Å². The highest BCUT2D eigenvalue weighted by Gasteiger charge is 2.43. The molecular formula is C27H38N4O2. The molecule has 2 unspecified atom stereocenters. The normalized spacial score (nSPS) is 23.9. The summed E-state index contributed by atoms with van der Waals surface area (Å²) in [5.74, 6) is 0.479. The number of carbonyl (C=O) groups is 2. The first kappa shape index (κ1) is 23.6. The van der Waals surface area contributed by atoms with Crippen LogP contribution in [0.25, 0.3) is 0 Å². The fourth-order valence-corrected chi connectivity index (χ4v) is 5.33. The number of hydrogen-bond donors (Lipinski definition) is 1. The summed E-state index contributed by atoms with van der Waals surface area (Å²) >= 11 is 0. The molecule has 1 aromatic rings. The summed E-state index contributed by atoms with van der Waals surface area (Å²) in [5, 5.41) is 3.08. The molecule has 178 valence electrons. The number of rotatable bonds is 8. The van der Waals surface area contributed by atoms with Crippen molar-refractivity contribution < 1.29 is 9.59 Å². The Morgan fingerprint density at radius 3 is 2.58 bits per heavy atom. The van der Waals surface area contributed by atoms with Crippen LogP contribution in [-0.4, -0.2) is 65.4 Å². The smallest absolute Gasteiger partial charge is 0.322 e. The van der Waals surface area contributed by atoms with Crippen molar-refractivity contribution in [2.45, 2.75) is 64.5 Å². The Bertz CT molecular complexity index is 921. The minimum Gasteiger partial charge on any atom is -0.333 e. The van der Waals surface area contributed by atoms with E-state index in [1.807, 2.05) is 17.0 Å². The number of amides is 3. The first-order valence-corrected chi connectivity index (χ1v) is 12.5. The molecule has 4 rings (SSSR count). The zero-order valence-corrected chi connectivity index (χ0v) is 20.3. The van der Waals surface area contributed by atoms with Gasteiger partial charge in [-0.1, -0.05) is 50.6 Å². The Morgan fingerprint density at radius 2 is 1.91 bits per heavy atom. The lowest BCUT2D eigenvalue weighted by Gasteiger charge is -2.33. The van der Waals surface area contributed by atoms with Crippen LogP contribution in [0.4, 0.5) is 4.79 Å². The monoisotopic (exact) mass is 450 g/mol. The molecule has 3 aliphatic rings. The van der Waals surface area contributed by atoms with Crippen LogP contribution in [-0.2, 0) is 4.79 Å². The lowest BCUT2D eigenvalue weighted by molar-refractivity contribution is -0.125. The Labute approximate surface area is 198 Å². The molecule has 2 atom stereocenters. The van der Waals surface area contributed by atoms with Gasteiger partial charge < -0.3 is 15.1 Å².